The topological polar surface area (TPSA) is 106 Å². The Morgan fingerprint density at radius 1 is 1.33 bits per heavy atom. The fraction of sp³-hybridized carbons (Fsp3) is 0.429. The van der Waals surface area contributed by atoms with Crippen molar-refractivity contribution < 1.29 is 19.5 Å². The van der Waals surface area contributed by atoms with Gasteiger partial charge in [0.1, 0.15) is 0 Å². The minimum Gasteiger partial charge on any atom is -0.490 e. The lowest BCUT2D eigenvalue weighted by atomic mass is 10.1. The van der Waals surface area contributed by atoms with Gasteiger partial charge < -0.3 is 25.7 Å². The van der Waals surface area contributed by atoms with Gasteiger partial charge in [-0.2, -0.15) is 0 Å². The fourth-order valence-corrected chi connectivity index (χ4v) is 1.63. The van der Waals surface area contributed by atoms with E-state index >= 15 is 0 Å². The zero-order chi connectivity index (χ0) is 15.8. The monoisotopic (exact) mass is 295 g/mol. The van der Waals surface area contributed by atoms with E-state index < -0.39 is 6.04 Å². The summed E-state index contributed by atoms with van der Waals surface area (Å²) in [6.45, 7) is 6.31. The number of hydrogen-bond donors (Lipinski definition) is 3. The number of rotatable bonds is 7. The highest BCUT2D eigenvalue weighted by Crippen LogP contribution is 2.28. The molecule has 0 radical (unpaired) electrons. The van der Waals surface area contributed by atoms with Gasteiger partial charge in [-0.3, -0.25) is 4.79 Å². The maximum absolute atomic E-state index is 12.1. The third-order valence-electron chi connectivity index (χ3n) is 2.71. The molecule has 0 saturated carbocycles. The van der Waals surface area contributed by atoms with E-state index in [9.17, 15) is 4.79 Å². The van der Waals surface area contributed by atoms with Crippen LogP contribution in [0.2, 0.25) is 0 Å². The summed E-state index contributed by atoms with van der Waals surface area (Å²) in [6.07, 6.45) is 0. The molecular formula is C14H21N3O4. The van der Waals surface area contributed by atoms with Gasteiger partial charge in [-0.25, -0.2) is 0 Å². The second-order valence-electron chi connectivity index (χ2n) is 4.25. The van der Waals surface area contributed by atoms with Crippen LogP contribution < -0.4 is 20.5 Å². The Bertz CT molecular complexity index is 517. The number of hydrogen-bond acceptors (Lipinski definition) is 5. The lowest BCUT2D eigenvalue weighted by Gasteiger charge is -2.14. The third kappa shape index (κ3) is 4.55. The number of nitrogens with zero attached hydrogens (tertiary/aromatic N) is 1. The van der Waals surface area contributed by atoms with Crippen LogP contribution in [-0.4, -0.2) is 36.2 Å². The summed E-state index contributed by atoms with van der Waals surface area (Å²) in [5.41, 5.74) is 5.83. The van der Waals surface area contributed by atoms with Crippen molar-refractivity contribution in [2.75, 3.05) is 13.2 Å². The van der Waals surface area contributed by atoms with Crippen molar-refractivity contribution in [1.82, 2.24) is 5.32 Å². The molecule has 1 rings (SSSR count). The second-order valence-corrected chi connectivity index (χ2v) is 4.25. The lowest BCUT2D eigenvalue weighted by molar-refractivity contribution is 0.0948. The van der Waals surface area contributed by atoms with Crippen LogP contribution in [0.5, 0.6) is 11.5 Å². The Morgan fingerprint density at radius 2 is 1.95 bits per heavy atom. The molecule has 1 unspecified atom stereocenters. The lowest BCUT2D eigenvalue weighted by Crippen LogP contribution is -2.42. The Balaban J connectivity index is 2.92. The number of amides is 1. The summed E-state index contributed by atoms with van der Waals surface area (Å²) in [4.78, 5) is 12.1. The van der Waals surface area contributed by atoms with Crippen molar-refractivity contribution in [2.45, 2.75) is 26.8 Å². The van der Waals surface area contributed by atoms with E-state index in [4.69, 9.17) is 20.4 Å². The van der Waals surface area contributed by atoms with E-state index in [2.05, 4.69) is 10.5 Å². The molecule has 21 heavy (non-hydrogen) atoms. The Hall–Kier alpha value is -2.44. The number of nitrogens with one attached hydrogen (secondary N) is 1. The molecule has 1 atom stereocenters. The van der Waals surface area contributed by atoms with Gasteiger partial charge in [0.2, 0.25) is 0 Å². The predicted octanol–water partition coefficient (Wildman–Crippen LogP) is 1.35. The SMILES string of the molecule is CCOc1ccc(C(=O)NC(C)/C(N)=N/O)cc1OCC. The molecule has 0 bridgehead atoms. The molecule has 0 spiro atoms. The average molecular weight is 295 g/mol. The smallest absolute Gasteiger partial charge is 0.252 e. The zero-order valence-corrected chi connectivity index (χ0v) is 12.4. The van der Waals surface area contributed by atoms with Crippen LogP contribution in [0, 0.1) is 0 Å². The molecular weight excluding hydrogens is 274 g/mol. The Morgan fingerprint density at radius 3 is 2.52 bits per heavy atom. The fourth-order valence-electron chi connectivity index (χ4n) is 1.63. The van der Waals surface area contributed by atoms with Gasteiger partial charge >= 0.3 is 0 Å². The zero-order valence-electron chi connectivity index (χ0n) is 12.4. The molecule has 0 heterocycles. The number of carbonyl (C=O) groups is 1. The first-order valence-corrected chi connectivity index (χ1v) is 6.71. The first-order chi connectivity index (χ1) is 10.0. The largest absolute Gasteiger partial charge is 0.490 e. The van der Waals surface area contributed by atoms with Crippen molar-refractivity contribution in [1.29, 1.82) is 0 Å². The van der Waals surface area contributed by atoms with Gasteiger partial charge in [0.25, 0.3) is 5.91 Å². The minimum atomic E-state index is -0.579. The summed E-state index contributed by atoms with van der Waals surface area (Å²) < 4.78 is 10.9. The molecule has 0 aliphatic heterocycles. The summed E-state index contributed by atoms with van der Waals surface area (Å²) in [7, 11) is 0. The molecule has 0 fully saturated rings. The number of carbonyl (C=O) groups excluding carboxylic acids is 1. The predicted molar refractivity (Wildman–Crippen MR) is 79.1 cm³/mol. The van der Waals surface area contributed by atoms with Gasteiger partial charge in [-0.1, -0.05) is 5.16 Å². The molecule has 0 aromatic heterocycles. The van der Waals surface area contributed by atoms with Gasteiger partial charge in [-0.15, -0.1) is 0 Å². The first-order valence-electron chi connectivity index (χ1n) is 6.71. The highest BCUT2D eigenvalue weighted by Gasteiger charge is 2.15. The number of benzene rings is 1. The third-order valence-corrected chi connectivity index (χ3v) is 2.71. The average Bonchev–Trinajstić information content (AvgIpc) is 2.48. The van der Waals surface area contributed by atoms with E-state index in [1.165, 1.54) is 0 Å². The Labute approximate surface area is 123 Å². The Kier molecular flexibility index (Phi) is 6.32. The van der Waals surface area contributed by atoms with Gasteiger partial charge in [0, 0.05) is 5.56 Å². The minimum absolute atomic E-state index is 0.0701. The molecule has 0 aliphatic rings. The van der Waals surface area contributed by atoms with Crippen molar-refractivity contribution in [3.05, 3.63) is 23.8 Å². The molecule has 1 aromatic rings. The molecule has 1 amide bonds. The van der Waals surface area contributed by atoms with E-state index in [1.807, 2.05) is 13.8 Å². The van der Waals surface area contributed by atoms with E-state index in [0.717, 1.165) is 0 Å². The van der Waals surface area contributed by atoms with E-state index in [-0.39, 0.29) is 11.7 Å². The molecule has 4 N–H and O–H groups in total. The molecule has 1 aromatic carbocycles. The quantitative estimate of drug-likeness (QED) is 0.305. The number of amidine groups is 1. The van der Waals surface area contributed by atoms with E-state index in [0.29, 0.717) is 30.3 Å². The van der Waals surface area contributed by atoms with Gasteiger partial charge in [0.05, 0.1) is 19.3 Å². The number of ether oxygens (including phenoxy) is 2. The second kappa shape index (κ2) is 7.98. The summed E-state index contributed by atoms with van der Waals surface area (Å²) in [5, 5.41) is 14.0. The maximum atomic E-state index is 12.1. The maximum Gasteiger partial charge on any atom is 0.252 e. The van der Waals surface area contributed by atoms with Crippen molar-refractivity contribution in [2.24, 2.45) is 10.9 Å². The van der Waals surface area contributed by atoms with Crippen molar-refractivity contribution in [3.63, 3.8) is 0 Å². The van der Waals surface area contributed by atoms with Crippen LogP contribution in [0.4, 0.5) is 0 Å². The van der Waals surface area contributed by atoms with Crippen LogP contribution in [0.25, 0.3) is 0 Å². The van der Waals surface area contributed by atoms with Crippen molar-refractivity contribution >= 4 is 11.7 Å². The van der Waals surface area contributed by atoms with Crippen LogP contribution in [0.15, 0.2) is 23.4 Å². The van der Waals surface area contributed by atoms with Crippen LogP contribution in [0.1, 0.15) is 31.1 Å². The molecule has 0 aliphatic carbocycles. The molecule has 116 valence electrons. The molecule has 7 nitrogen and oxygen atoms in total. The number of oxime groups is 1. The highest BCUT2D eigenvalue weighted by atomic mass is 16.5. The van der Waals surface area contributed by atoms with E-state index in [1.54, 1.807) is 25.1 Å². The van der Waals surface area contributed by atoms with Crippen molar-refractivity contribution in [3.8, 4) is 11.5 Å². The van der Waals surface area contributed by atoms with Gasteiger partial charge in [0.15, 0.2) is 17.3 Å². The normalized spacial score (nSPS) is 12.6. The summed E-state index contributed by atoms with van der Waals surface area (Å²) in [6, 6.07) is 4.33. The van der Waals surface area contributed by atoms with Crippen LogP contribution in [0.3, 0.4) is 0 Å². The van der Waals surface area contributed by atoms with Crippen LogP contribution in [-0.2, 0) is 0 Å². The standard InChI is InChI=1S/C14H21N3O4/c1-4-20-11-7-6-10(8-12(11)21-5-2)14(18)16-9(3)13(15)17-19/h6-9,19H,4-5H2,1-3H3,(H2,15,17)(H,16,18). The summed E-state index contributed by atoms with van der Waals surface area (Å²) >= 11 is 0. The van der Waals surface area contributed by atoms with Crippen LogP contribution >= 0.6 is 0 Å². The number of nitrogens with two attached hydrogens (primary N) is 1. The highest BCUT2D eigenvalue weighted by molar-refractivity contribution is 5.98. The molecule has 7 heteroatoms. The molecule has 0 saturated heterocycles. The summed E-state index contributed by atoms with van der Waals surface area (Å²) in [5.74, 6) is 0.668. The van der Waals surface area contributed by atoms with Gasteiger partial charge in [-0.05, 0) is 39.0 Å². The first kappa shape index (κ1) is 16.6.